The SMILES string of the molecule is C=C(OC)C(=CC=C(CC)OC)CNc1nccs1. The lowest BCUT2D eigenvalue weighted by atomic mass is 10.2. The van der Waals surface area contributed by atoms with Crippen molar-refractivity contribution in [1.82, 2.24) is 4.98 Å². The van der Waals surface area contributed by atoms with Crippen LogP contribution in [0.4, 0.5) is 5.13 Å². The second-order valence-corrected chi connectivity index (χ2v) is 4.60. The molecule has 1 aromatic heterocycles. The fourth-order valence-electron chi connectivity index (χ4n) is 1.39. The minimum Gasteiger partial charge on any atom is -0.501 e. The fraction of sp³-hybridized carbons (Fsp3) is 0.357. The summed E-state index contributed by atoms with van der Waals surface area (Å²) in [7, 11) is 3.28. The summed E-state index contributed by atoms with van der Waals surface area (Å²) in [4.78, 5) is 4.17. The van der Waals surface area contributed by atoms with Gasteiger partial charge in [0.05, 0.1) is 20.0 Å². The Morgan fingerprint density at radius 3 is 2.74 bits per heavy atom. The number of nitrogens with zero attached hydrogens (tertiary/aromatic N) is 1. The Labute approximate surface area is 118 Å². The van der Waals surface area contributed by atoms with Gasteiger partial charge in [-0.05, 0) is 6.08 Å². The van der Waals surface area contributed by atoms with E-state index in [9.17, 15) is 0 Å². The van der Waals surface area contributed by atoms with Gasteiger partial charge in [0.25, 0.3) is 0 Å². The Morgan fingerprint density at radius 2 is 2.21 bits per heavy atom. The van der Waals surface area contributed by atoms with Crippen LogP contribution in [0.15, 0.2) is 47.4 Å². The third-order valence-corrected chi connectivity index (χ3v) is 3.28. The number of ether oxygens (including phenoxy) is 2. The molecule has 5 heteroatoms. The van der Waals surface area contributed by atoms with Crippen LogP contribution in [0.2, 0.25) is 0 Å². The monoisotopic (exact) mass is 280 g/mol. The van der Waals surface area contributed by atoms with Crippen molar-refractivity contribution in [1.29, 1.82) is 0 Å². The van der Waals surface area contributed by atoms with E-state index in [1.807, 2.05) is 24.5 Å². The summed E-state index contributed by atoms with van der Waals surface area (Å²) in [6.07, 6.45) is 6.50. The van der Waals surface area contributed by atoms with Crippen LogP contribution in [0, 0.1) is 0 Å². The largest absolute Gasteiger partial charge is 0.501 e. The second-order valence-electron chi connectivity index (χ2n) is 3.70. The van der Waals surface area contributed by atoms with Crippen molar-refractivity contribution in [3.05, 3.63) is 47.4 Å². The molecule has 1 N–H and O–H groups in total. The summed E-state index contributed by atoms with van der Waals surface area (Å²) in [6.45, 7) is 6.54. The number of allylic oxidation sites excluding steroid dienone is 3. The van der Waals surface area contributed by atoms with Crippen molar-refractivity contribution >= 4 is 16.5 Å². The number of anilines is 1. The van der Waals surface area contributed by atoms with Gasteiger partial charge in [-0.25, -0.2) is 4.98 Å². The maximum atomic E-state index is 5.23. The predicted molar refractivity (Wildman–Crippen MR) is 80.2 cm³/mol. The smallest absolute Gasteiger partial charge is 0.182 e. The highest BCUT2D eigenvalue weighted by molar-refractivity contribution is 7.13. The number of hydrogen-bond acceptors (Lipinski definition) is 5. The number of methoxy groups -OCH3 is 2. The molecule has 0 aliphatic rings. The fourth-order valence-corrected chi connectivity index (χ4v) is 1.91. The maximum absolute atomic E-state index is 5.23. The topological polar surface area (TPSA) is 43.4 Å². The molecular formula is C14H20N2O2S. The molecule has 0 saturated heterocycles. The zero-order valence-electron chi connectivity index (χ0n) is 11.6. The van der Waals surface area contributed by atoms with Crippen LogP contribution in [0.25, 0.3) is 0 Å². The van der Waals surface area contributed by atoms with Gasteiger partial charge in [-0.1, -0.05) is 19.6 Å². The first-order valence-electron chi connectivity index (χ1n) is 6.01. The van der Waals surface area contributed by atoms with Gasteiger partial charge in [0.15, 0.2) is 5.13 Å². The normalized spacial score (nSPS) is 12.2. The molecule has 0 radical (unpaired) electrons. The van der Waals surface area contributed by atoms with E-state index in [4.69, 9.17) is 9.47 Å². The molecule has 1 rings (SSSR count). The summed E-state index contributed by atoms with van der Waals surface area (Å²) in [6, 6.07) is 0. The van der Waals surface area contributed by atoms with Gasteiger partial charge < -0.3 is 14.8 Å². The van der Waals surface area contributed by atoms with Crippen LogP contribution in [0.1, 0.15) is 13.3 Å². The van der Waals surface area contributed by atoms with E-state index in [1.165, 1.54) is 0 Å². The number of aromatic nitrogens is 1. The molecule has 104 valence electrons. The van der Waals surface area contributed by atoms with E-state index in [0.29, 0.717) is 12.3 Å². The molecule has 0 fully saturated rings. The Kier molecular flexibility index (Phi) is 6.74. The van der Waals surface area contributed by atoms with E-state index in [1.54, 1.807) is 31.8 Å². The van der Waals surface area contributed by atoms with Crippen LogP contribution >= 0.6 is 11.3 Å². The first kappa shape index (κ1) is 15.3. The van der Waals surface area contributed by atoms with Gasteiger partial charge in [-0.15, -0.1) is 11.3 Å². The molecule has 0 aliphatic heterocycles. The molecule has 0 unspecified atom stereocenters. The van der Waals surface area contributed by atoms with Crippen LogP contribution < -0.4 is 5.32 Å². The quantitative estimate of drug-likeness (QED) is 0.584. The lowest BCUT2D eigenvalue weighted by molar-refractivity contribution is 0.280. The Hall–Kier alpha value is -1.75. The first-order valence-corrected chi connectivity index (χ1v) is 6.89. The highest BCUT2D eigenvalue weighted by Crippen LogP contribution is 2.15. The van der Waals surface area contributed by atoms with E-state index in [0.717, 1.165) is 22.9 Å². The summed E-state index contributed by atoms with van der Waals surface area (Å²) in [5, 5.41) is 6.03. The zero-order chi connectivity index (χ0) is 14.1. The van der Waals surface area contributed by atoms with E-state index in [2.05, 4.69) is 16.9 Å². The number of hydrogen-bond donors (Lipinski definition) is 1. The summed E-state index contributed by atoms with van der Waals surface area (Å²) >= 11 is 1.56. The maximum Gasteiger partial charge on any atom is 0.182 e. The van der Waals surface area contributed by atoms with Crippen LogP contribution in [0.3, 0.4) is 0 Å². The number of rotatable bonds is 8. The molecule has 0 saturated carbocycles. The van der Waals surface area contributed by atoms with Gasteiger partial charge in [0.2, 0.25) is 0 Å². The molecule has 1 aromatic rings. The van der Waals surface area contributed by atoms with E-state index >= 15 is 0 Å². The van der Waals surface area contributed by atoms with Crippen molar-refractivity contribution in [2.24, 2.45) is 0 Å². The summed E-state index contributed by atoms with van der Waals surface area (Å²) < 4.78 is 10.4. The van der Waals surface area contributed by atoms with Gasteiger partial charge in [-0.2, -0.15) is 0 Å². The molecular weight excluding hydrogens is 260 g/mol. The van der Waals surface area contributed by atoms with E-state index < -0.39 is 0 Å². The second kappa shape index (κ2) is 8.37. The van der Waals surface area contributed by atoms with Gasteiger partial charge in [-0.3, -0.25) is 0 Å². The van der Waals surface area contributed by atoms with Crippen molar-refractivity contribution < 1.29 is 9.47 Å². The van der Waals surface area contributed by atoms with Crippen molar-refractivity contribution in [3.63, 3.8) is 0 Å². The third-order valence-electron chi connectivity index (χ3n) is 2.55. The standard InChI is InChI=1S/C14H20N2O2S/c1-5-13(18-4)7-6-12(11(2)17-3)10-16-14-15-8-9-19-14/h6-9H,2,5,10H2,1,3-4H3,(H,15,16). The highest BCUT2D eigenvalue weighted by Gasteiger charge is 2.03. The van der Waals surface area contributed by atoms with Crippen LogP contribution in [0.5, 0.6) is 0 Å². The Morgan fingerprint density at radius 1 is 1.42 bits per heavy atom. The minimum atomic E-state index is 0.609. The minimum absolute atomic E-state index is 0.609. The van der Waals surface area contributed by atoms with Crippen molar-refractivity contribution in [2.75, 3.05) is 26.1 Å². The lowest BCUT2D eigenvalue weighted by Crippen LogP contribution is -2.07. The molecule has 0 spiro atoms. The first-order chi connectivity index (χ1) is 9.21. The highest BCUT2D eigenvalue weighted by atomic mass is 32.1. The molecule has 0 atom stereocenters. The van der Waals surface area contributed by atoms with E-state index in [-0.39, 0.29) is 0 Å². The molecule has 1 heterocycles. The van der Waals surface area contributed by atoms with Crippen LogP contribution in [-0.2, 0) is 9.47 Å². The number of nitrogens with one attached hydrogen (secondary N) is 1. The van der Waals surface area contributed by atoms with Gasteiger partial charge in [0, 0.05) is 30.1 Å². The van der Waals surface area contributed by atoms with Crippen molar-refractivity contribution in [3.8, 4) is 0 Å². The molecule has 0 bridgehead atoms. The van der Waals surface area contributed by atoms with Gasteiger partial charge >= 0.3 is 0 Å². The average Bonchev–Trinajstić information content (AvgIpc) is 2.95. The molecule has 0 amide bonds. The molecule has 19 heavy (non-hydrogen) atoms. The zero-order valence-corrected chi connectivity index (χ0v) is 12.4. The van der Waals surface area contributed by atoms with Crippen molar-refractivity contribution in [2.45, 2.75) is 13.3 Å². The number of thiazole rings is 1. The Bertz CT molecular complexity index is 444. The van der Waals surface area contributed by atoms with Gasteiger partial charge in [0.1, 0.15) is 5.76 Å². The Balaban J connectivity index is 2.74. The summed E-state index contributed by atoms with van der Waals surface area (Å²) in [5.41, 5.74) is 0.959. The van der Waals surface area contributed by atoms with Crippen LogP contribution in [-0.4, -0.2) is 25.7 Å². The average molecular weight is 280 g/mol. The predicted octanol–water partition coefficient (Wildman–Crippen LogP) is 3.58. The molecule has 0 aliphatic carbocycles. The molecule has 4 nitrogen and oxygen atoms in total. The summed E-state index contributed by atoms with van der Waals surface area (Å²) in [5.74, 6) is 1.54. The third kappa shape index (κ3) is 5.18. The molecule has 0 aromatic carbocycles. The lowest BCUT2D eigenvalue weighted by Gasteiger charge is -2.10.